The summed E-state index contributed by atoms with van der Waals surface area (Å²) < 4.78 is 16.0. The largest absolute Gasteiger partial charge is 0.493 e. The highest BCUT2D eigenvalue weighted by Crippen LogP contribution is 2.44. The Balaban J connectivity index is 3.31. The van der Waals surface area contributed by atoms with Crippen LogP contribution in [0, 0.1) is 5.92 Å². The summed E-state index contributed by atoms with van der Waals surface area (Å²) in [6.07, 6.45) is 0. The molecule has 0 saturated carbocycles. The van der Waals surface area contributed by atoms with Gasteiger partial charge >= 0.3 is 5.97 Å². The van der Waals surface area contributed by atoms with Crippen LogP contribution in [0.1, 0.15) is 24.2 Å². The molecule has 1 rings (SSSR count). The molecule has 1 aromatic rings. The van der Waals surface area contributed by atoms with Gasteiger partial charge in [-0.15, -0.1) is 0 Å². The minimum atomic E-state index is -1.10. The van der Waals surface area contributed by atoms with E-state index in [9.17, 15) is 14.7 Å². The fraction of sp³-hybridized carbons (Fsp3) is 0.467. The van der Waals surface area contributed by atoms with E-state index in [0.29, 0.717) is 16.0 Å². The molecule has 1 unspecified atom stereocenters. The fourth-order valence-electron chi connectivity index (χ4n) is 2.02. The molecule has 0 radical (unpaired) electrons. The van der Waals surface area contributed by atoms with Gasteiger partial charge in [-0.2, -0.15) is 0 Å². The number of hydrogen-bond donors (Lipinski definition) is 2. The zero-order chi connectivity index (χ0) is 17.7. The number of ether oxygens (including phenoxy) is 3. The predicted molar refractivity (Wildman–Crippen MR) is 87.5 cm³/mol. The summed E-state index contributed by atoms with van der Waals surface area (Å²) in [5.41, 5.74) is 0.186. The Morgan fingerprint density at radius 3 is 2.09 bits per heavy atom. The average molecular weight is 390 g/mol. The second-order valence-corrected chi connectivity index (χ2v) is 5.83. The number of hydrogen-bond acceptors (Lipinski definition) is 5. The summed E-state index contributed by atoms with van der Waals surface area (Å²) in [7, 11) is 4.31. The van der Waals surface area contributed by atoms with Gasteiger partial charge in [-0.3, -0.25) is 4.79 Å². The third-order valence-corrected chi connectivity index (χ3v) is 4.02. The molecule has 0 bridgehead atoms. The van der Waals surface area contributed by atoms with E-state index < -0.39 is 17.9 Å². The van der Waals surface area contributed by atoms with Crippen LogP contribution in [-0.4, -0.2) is 44.4 Å². The quantitative estimate of drug-likeness (QED) is 0.742. The molecule has 0 aliphatic rings. The lowest BCUT2D eigenvalue weighted by Gasteiger charge is -2.20. The van der Waals surface area contributed by atoms with E-state index in [4.69, 9.17) is 14.2 Å². The molecule has 128 valence electrons. The molecular formula is C15H20BrNO6. The monoisotopic (exact) mass is 389 g/mol. The minimum Gasteiger partial charge on any atom is -0.493 e. The molecular weight excluding hydrogens is 370 g/mol. The van der Waals surface area contributed by atoms with Gasteiger partial charge in [-0.05, 0) is 27.9 Å². The van der Waals surface area contributed by atoms with Crippen molar-refractivity contribution in [2.45, 2.75) is 19.9 Å². The topological polar surface area (TPSA) is 94.1 Å². The smallest absolute Gasteiger partial charge is 0.326 e. The van der Waals surface area contributed by atoms with Crippen LogP contribution in [-0.2, 0) is 4.79 Å². The van der Waals surface area contributed by atoms with Crippen LogP contribution in [0.5, 0.6) is 17.2 Å². The Labute approximate surface area is 143 Å². The maximum absolute atomic E-state index is 12.5. The molecule has 1 aromatic carbocycles. The average Bonchev–Trinajstić information content (AvgIpc) is 2.50. The number of rotatable bonds is 7. The highest BCUT2D eigenvalue weighted by molar-refractivity contribution is 9.10. The molecule has 7 nitrogen and oxygen atoms in total. The van der Waals surface area contributed by atoms with Crippen LogP contribution in [0.4, 0.5) is 0 Å². The van der Waals surface area contributed by atoms with E-state index in [2.05, 4.69) is 21.2 Å². The van der Waals surface area contributed by atoms with Crippen LogP contribution < -0.4 is 19.5 Å². The number of aliphatic carboxylic acids is 1. The van der Waals surface area contributed by atoms with Gasteiger partial charge in [0, 0.05) is 0 Å². The minimum absolute atomic E-state index is 0.186. The summed E-state index contributed by atoms with van der Waals surface area (Å²) in [6.45, 7) is 3.42. The zero-order valence-corrected chi connectivity index (χ0v) is 15.2. The highest BCUT2D eigenvalue weighted by Gasteiger charge is 2.27. The summed E-state index contributed by atoms with van der Waals surface area (Å²) in [6, 6.07) is 0.452. The molecule has 0 fully saturated rings. The van der Waals surface area contributed by atoms with Crippen molar-refractivity contribution in [1.29, 1.82) is 0 Å². The molecule has 0 heterocycles. The van der Waals surface area contributed by atoms with Gasteiger partial charge in [0.05, 0.1) is 31.4 Å². The van der Waals surface area contributed by atoms with Gasteiger partial charge < -0.3 is 24.6 Å². The van der Waals surface area contributed by atoms with Crippen LogP contribution in [0.25, 0.3) is 0 Å². The molecule has 0 aliphatic carbocycles. The molecule has 1 amide bonds. The molecule has 0 aromatic heterocycles. The van der Waals surface area contributed by atoms with Crippen LogP contribution in [0.2, 0.25) is 0 Å². The lowest BCUT2D eigenvalue weighted by Crippen LogP contribution is -2.44. The first-order valence-electron chi connectivity index (χ1n) is 6.80. The van der Waals surface area contributed by atoms with Crippen molar-refractivity contribution in [1.82, 2.24) is 5.32 Å². The van der Waals surface area contributed by atoms with Crippen molar-refractivity contribution < 1.29 is 28.9 Å². The van der Waals surface area contributed by atoms with Crippen molar-refractivity contribution in [2.24, 2.45) is 5.92 Å². The number of carbonyl (C=O) groups is 2. The summed E-state index contributed by atoms with van der Waals surface area (Å²) in [5, 5.41) is 11.7. The van der Waals surface area contributed by atoms with Crippen molar-refractivity contribution >= 4 is 27.8 Å². The molecule has 8 heteroatoms. The second-order valence-electron chi connectivity index (χ2n) is 5.04. The number of benzene rings is 1. The molecule has 1 atom stereocenters. The highest BCUT2D eigenvalue weighted by atomic mass is 79.9. The van der Waals surface area contributed by atoms with Crippen molar-refractivity contribution in [3.63, 3.8) is 0 Å². The Morgan fingerprint density at radius 1 is 1.13 bits per heavy atom. The fourth-order valence-corrected chi connectivity index (χ4v) is 2.66. The van der Waals surface area contributed by atoms with Crippen LogP contribution in [0.3, 0.4) is 0 Å². The van der Waals surface area contributed by atoms with Gasteiger partial charge in [0.1, 0.15) is 6.04 Å². The van der Waals surface area contributed by atoms with Crippen LogP contribution in [0.15, 0.2) is 10.5 Å². The third kappa shape index (κ3) is 4.07. The van der Waals surface area contributed by atoms with Gasteiger partial charge in [0.15, 0.2) is 11.5 Å². The van der Waals surface area contributed by atoms with E-state index in [1.165, 1.54) is 27.4 Å². The summed E-state index contributed by atoms with van der Waals surface area (Å²) >= 11 is 3.29. The predicted octanol–water partition coefficient (Wildman–Crippen LogP) is 2.31. The summed E-state index contributed by atoms with van der Waals surface area (Å²) in [5.74, 6) is -1.01. The second kappa shape index (κ2) is 8.05. The van der Waals surface area contributed by atoms with Gasteiger partial charge in [-0.1, -0.05) is 13.8 Å². The standard InChI is InChI=1S/C15H20BrNO6/c1-7(2)11(15(19)20)17-14(18)8-6-9(21-3)12(22-4)13(23-5)10(8)16/h6-7,11H,1-5H3,(H,17,18)(H,19,20). The SMILES string of the molecule is COc1cc(C(=O)NC(C(=O)O)C(C)C)c(Br)c(OC)c1OC. The van der Waals surface area contributed by atoms with E-state index in [1.54, 1.807) is 13.8 Å². The first kappa shape index (κ1) is 19.1. The number of carbonyl (C=O) groups excluding carboxylic acids is 1. The molecule has 0 saturated heterocycles. The van der Waals surface area contributed by atoms with E-state index >= 15 is 0 Å². The molecule has 0 spiro atoms. The summed E-state index contributed by atoms with van der Waals surface area (Å²) in [4.78, 5) is 23.7. The van der Waals surface area contributed by atoms with Gasteiger partial charge in [0.25, 0.3) is 5.91 Å². The van der Waals surface area contributed by atoms with Gasteiger partial charge in [0.2, 0.25) is 5.75 Å². The van der Waals surface area contributed by atoms with Gasteiger partial charge in [-0.25, -0.2) is 4.79 Å². The van der Waals surface area contributed by atoms with E-state index in [1.807, 2.05) is 0 Å². The Kier molecular flexibility index (Phi) is 6.68. The first-order valence-corrected chi connectivity index (χ1v) is 7.59. The number of carboxylic acid groups (broad SMARTS) is 1. The van der Waals surface area contributed by atoms with Crippen LogP contribution >= 0.6 is 15.9 Å². The number of halogens is 1. The van der Waals surface area contributed by atoms with E-state index in [0.717, 1.165) is 0 Å². The maximum Gasteiger partial charge on any atom is 0.326 e. The number of nitrogens with one attached hydrogen (secondary N) is 1. The third-order valence-electron chi connectivity index (χ3n) is 3.23. The van der Waals surface area contributed by atoms with E-state index in [-0.39, 0.29) is 17.2 Å². The molecule has 23 heavy (non-hydrogen) atoms. The van der Waals surface area contributed by atoms with Crippen molar-refractivity contribution in [2.75, 3.05) is 21.3 Å². The maximum atomic E-state index is 12.5. The Hall–Kier alpha value is -1.96. The molecule has 2 N–H and O–H groups in total. The number of methoxy groups -OCH3 is 3. The molecule has 0 aliphatic heterocycles. The normalized spacial score (nSPS) is 11.8. The van der Waals surface area contributed by atoms with Crippen molar-refractivity contribution in [3.05, 3.63) is 16.1 Å². The Morgan fingerprint density at radius 2 is 1.70 bits per heavy atom. The first-order chi connectivity index (χ1) is 10.8. The number of carboxylic acids is 1. The Bertz CT molecular complexity index is 602. The number of amides is 1. The van der Waals surface area contributed by atoms with Crippen molar-refractivity contribution in [3.8, 4) is 17.2 Å². The lowest BCUT2D eigenvalue weighted by atomic mass is 10.0. The lowest BCUT2D eigenvalue weighted by molar-refractivity contribution is -0.140. The zero-order valence-electron chi connectivity index (χ0n) is 13.6.